The molecule has 0 radical (unpaired) electrons. The first-order valence-corrected chi connectivity index (χ1v) is 9.27. The lowest BCUT2D eigenvalue weighted by molar-refractivity contribution is 0.0390. The Balaban J connectivity index is 1.68. The molecule has 0 saturated carbocycles. The smallest absolute Gasteiger partial charge is 0.409 e. The minimum Gasteiger partial charge on any atom is -0.450 e. The van der Waals surface area contributed by atoms with Gasteiger partial charge in [0.1, 0.15) is 5.69 Å². The summed E-state index contributed by atoms with van der Waals surface area (Å²) < 4.78 is 10.6. The molecule has 140 valence electrons. The van der Waals surface area contributed by atoms with Crippen LogP contribution in [-0.2, 0) is 4.74 Å². The Morgan fingerprint density at radius 3 is 2.92 bits per heavy atom. The SMILES string of the molecule is CCOC(=O)N1CCN(C(C)c2cc(-c3cccc(Cl)c3)on2)C(C)C1. The zero-order valence-corrected chi connectivity index (χ0v) is 16.1. The number of piperazine rings is 1. The molecule has 1 aliphatic rings. The van der Waals surface area contributed by atoms with Crippen molar-refractivity contribution in [3.05, 3.63) is 41.0 Å². The molecule has 0 aliphatic carbocycles. The molecule has 0 bridgehead atoms. The molecule has 1 aliphatic heterocycles. The Morgan fingerprint density at radius 2 is 2.23 bits per heavy atom. The predicted octanol–water partition coefficient (Wildman–Crippen LogP) is 4.22. The number of carbonyl (C=O) groups excluding carboxylic acids is 1. The predicted molar refractivity (Wildman–Crippen MR) is 100 cm³/mol. The van der Waals surface area contributed by atoms with E-state index in [9.17, 15) is 4.79 Å². The Kier molecular flexibility index (Phi) is 5.84. The van der Waals surface area contributed by atoms with Crippen molar-refractivity contribution in [3.63, 3.8) is 0 Å². The van der Waals surface area contributed by atoms with E-state index in [1.807, 2.05) is 37.3 Å². The second-order valence-electron chi connectivity index (χ2n) is 6.53. The number of hydrogen-bond acceptors (Lipinski definition) is 5. The van der Waals surface area contributed by atoms with E-state index in [0.29, 0.717) is 30.5 Å². The first kappa shape index (κ1) is 18.7. The summed E-state index contributed by atoms with van der Waals surface area (Å²) >= 11 is 6.05. The summed E-state index contributed by atoms with van der Waals surface area (Å²) in [7, 11) is 0. The summed E-state index contributed by atoms with van der Waals surface area (Å²) in [5.41, 5.74) is 1.78. The van der Waals surface area contributed by atoms with Gasteiger partial charge in [-0.05, 0) is 32.9 Å². The second kappa shape index (κ2) is 8.10. The van der Waals surface area contributed by atoms with Gasteiger partial charge in [0.2, 0.25) is 0 Å². The van der Waals surface area contributed by atoms with Crippen molar-refractivity contribution < 1.29 is 14.1 Å². The summed E-state index contributed by atoms with van der Waals surface area (Å²) in [6.07, 6.45) is -0.240. The molecule has 26 heavy (non-hydrogen) atoms. The van der Waals surface area contributed by atoms with Crippen molar-refractivity contribution >= 4 is 17.7 Å². The summed E-state index contributed by atoms with van der Waals surface area (Å²) in [6, 6.07) is 9.77. The maximum absolute atomic E-state index is 11.9. The first-order chi connectivity index (χ1) is 12.5. The van der Waals surface area contributed by atoms with Gasteiger partial charge in [-0.25, -0.2) is 4.79 Å². The lowest BCUT2D eigenvalue weighted by Gasteiger charge is -2.41. The molecule has 1 amide bonds. The molecule has 0 spiro atoms. The van der Waals surface area contributed by atoms with E-state index in [4.69, 9.17) is 20.9 Å². The average molecular weight is 378 g/mol. The van der Waals surface area contributed by atoms with E-state index in [0.717, 1.165) is 17.8 Å². The van der Waals surface area contributed by atoms with Crippen LogP contribution in [0, 0.1) is 0 Å². The zero-order chi connectivity index (χ0) is 18.7. The molecule has 1 aromatic carbocycles. The van der Waals surface area contributed by atoms with Crippen LogP contribution in [0.15, 0.2) is 34.9 Å². The van der Waals surface area contributed by atoms with Crippen LogP contribution in [0.1, 0.15) is 32.5 Å². The van der Waals surface area contributed by atoms with Gasteiger partial charge in [0.15, 0.2) is 5.76 Å². The number of benzene rings is 1. The highest BCUT2D eigenvalue weighted by molar-refractivity contribution is 6.30. The summed E-state index contributed by atoms with van der Waals surface area (Å²) in [5, 5.41) is 4.91. The quantitative estimate of drug-likeness (QED) is 0.798. The van der Waals surface area contributed by atoms with Crippen molar-refractivity contribution in [3.8, 4) is 11.3 Å². The zero-order valence-electron chi connectivity index (χ0n) is 15.3. The largest absolute Gasteiger partial charge is 0.450 e. The van der Waals surface area contributed by atoms with Crippen LogP contribution in [-0.4, -0.2) is 53.3 Å². The fraction of sp³-hybridized carbons (Fsp3) is 0.474. The van der Waals surface area contributed by atoms with E-state index in [2.05, 4.69) is 23.9 Å². The minimum absolute atomic E-state index is 0.0889. The number of carbonyl (C=O) groups is 1. The number of nitrogens with zero attached hydrogens (tertiary/aromatic N) is 3. The average Bonchev–Trinajstić information content (AvgIpc) is 3.11. The first-order valence-electron chi connectivity index (χ1n) is 8.89. The minimum atomic E-state index is -0.240. The molecule has 1 fully saturated rings. The van der Waals surface area contributed by atoms with E-state index < -0.39 is 0 Å². The lowest BCUT2D eigenvalue weighted by Crippen LogP contribution is -2.54. The van der Waals surface area contributed by atoms with Crippen LogP contribution in [0.4, 0.5) is 4.79 Å². The van der Waals surface area contributed by atoms with Gasteiger partial charge in [-0.15, -0.1) is 0 Å². The Morgan fingerprint density at radius 1 is 1.42 bits per heavy atom. The maximum Gasteiger partial charge on any atom is 0.409 e. The van der Waals surface area contributed by atoms with Crippen molar-refractivity contribution in [2.24, 2.45) is 0 Å². The molecule has 1 saturated heterocycles. The van der Waals surface area contributed by atoms with Gasteiger partial charge in [0, 0.05) is 42.3 Å². The molecule has 2 heterocycles. The second-order valence-corrected chi connectivity index (χ2v) is 6.97. The molecule has 0 N–H and O–H groups in total. The van der Waals surface area contributed by atoms with Gasteiger partial charge in [0.25, 0.3) is 0 Å². The number of ether oxygens (including phenoxy) is 1. The molecule has 3 rings (SSSR count). The van der Waals surface area contributed by atoms with Crippen LogP contribution in [0.25, 0.3) is 11.3 Å². The maximum atomic E-state index is 11.9. The number of amides is 1. The van der Waals surface area contributed by atoms with Crippen LogP contribution in [0.3, 0.4) is 0 Å². The lowest BCUT2D eigenvalue weighted by atomic mass is 10.1. The normalized spacial score (nSPS) is 19.4. The highest BCUT2D eigenvalue weighted by atomic mass is 35.5. The Hall–Kier alpha value is -2.05. The van der Waals surface area contributed by atoms with Crippen molar-refractivity contribution in [2.45, 2.75) is 32.9 Å². The standard InChI is InChI=1S/C19H24ClN3O3/c1-4-25-19(24)22-8-9-23(13(2)12-22)14(3)17-11-18(26-21-17)15-6-5-7-16(20)10-15/h5-7,10-11,13-14H,4,8-9,12H2,1-3H3. The molecule has 2 unspecified atom stereocenters. The highest BCUT2D eigenvalue weighted by Crippen LogP contribution is 2.29. The summed E-state index contributed by atoms with van der Waals surface area (Å²) in [4.78, 5) is 16.0. The number of hydrogen-bond donors (Lipinski definition) is 0. The summed E-state index contributed by atoms with van der Waals surface area (Å²) in [5.74, 6) is 0.701. The van der Waals surface area contributed by atoms with Gasteiger partial charge in [-0.1, -0.05) is 28.9 Å². The van der Waals surface area contributed by atoms with E-state index in [1.54, 1.807) is 4.90 Å². The molecule has 2 atom stereocenters. The van der Waals surface area contributed by atoms with Crippen LogP contribution >= 0.6 is 11.6 Å². The fourth-order valence-corrected chi connectivity index (χ4v) is 3.55. The van der Waals surface area contributed by atoms with E-state index in [1.165, 1.54) is 0 Å². The van der Waals surface area contributed by atoms with Crippen molar-refractivity contribution in [1.82, 2.24) is 15.0 Å². The number of halogens is 1. The van der Waals surface area contributed by atoms with Gasteiger partial charge in [-0.2, -0.15) is 0 Å². The molecule has 7 heteroatoms. The van der Waals surface area contributed by atoms with Gasteiger partial charge in [0.05, 0.1) is 12.6 Å². The fourth-order valence-electron chi connectivity index (χ4n) is 3.36. The summed E-state index contributed by atoms with van der Waals surface area (Å²) in [6.45, 7) is 8.49. The molecule has 1 aromatic heterocycles. The molecule has 2 aromatic rings. The van der Waals surface area contributed by atoms with Crippen molar-refractivity contribution in [1.29, 1.82) is 0 Å². The Labute approximate surface area is 158 Å². The molecular formula is C19H24ClN3O3. The number of rotatable bonds is 4. The van der Waals surface area contributed by atoms with Gasteiger partial charge in [-0.3, -0.25) is 4.90 Å². The number of aromatic nitrogens is 1. The molecular weight excluding hydrogens is 354 g/mol. The molecule has 6 nitrogen and oxygen atoms in total. The topological polar surface area (TPSA) is 58.8 Å². The van der Waals surface area contributed by atoms with Crippen molar-refractivity contribution in [2.75, 3.05) is 26.2 Å². The monoisotopic (exact) mass is 377 g/mol. The van der Waals surface area contributed by atoms with Crippen LogP contribution in [0.5, 0.6) is 0 Å². The van der Waals surface area contributed by atoms with Crippen LogP contribution < -0.4 is 0 Å². The van der Waals surface area contributed by atoms with Gasteiger partial charge >= 0.3 is 6.09 Å². The van der Waals surface area contributed by atoms with Crippen LogP contribution in [0.2, 0.25) is 5.02 Å². The van der Waals surface area contributed by atoms with E-state index in [-0.39, 0.29) is 18.2 Å². The third-order valence-corrected chi connectivity index (χ3v) is 5.00. The third-order valence-electron chi connectivity index (χ3n) is 4.77. The van der Waals surface area contributed by atoms with E-state index >= 15 is 0 Å². The van der Waals surface area contributed by atoms with Gasteiger partial charge < -0.3 is 14.2 Å². The highest BCUT2D eigenvalue weighted by Gasteiger charge is 2.31. The Bertz CT molecular complexity index is 764. The third kappa shape index (κ3) is 4.02.